The lowest BCUT2D eigenvalue weighted by Crippen LogP contribution is -2.17. The Hall–Kier alpha value is -2.71. The molecule has 3 nitrogen and oxygen atoms in total. The first-order chi connectivity index (χ1) is 11.5. The van der Waals surface area contributed by atoms with Gasteiger partial charge in [0.1, 0.15) is 5.75 Å². The molecule has 2 aromatic rings. The third-order valence-electron chi connectivity index (χ3n) is 3.15. The summed E-state index contributed by atoms with van der Waals surface area (Å²) in [6.07, 6.45) is -9.71. The van der Waals surface area contributed by atoms with Crippen molar-refractivity contribution >= 4 is 5.97 Å². The molecule has 0 aliphatic rings. The molecule has 0 amide bonds. The third kappa shape index (κ3) is 4.43. The van der Waals surface area contributed by atoms with E-state index >= 15 is 0 Å². The van der Waals surface area contributed by atoms with Crippen LogP contribution < -0.4 is 4.74 Å². The van der Waals surface area contributed by atoms with Gasteiger partial charge in [0.15, 0.2) is 0 Å². The predicted octanol–water partition coefficient (Wildman–Crippen LogP) is 5.06. The average Bonchev–Trinajstić information content (AvgIpc) is 2.52. The molecule has 25 heavy (non-hydrogen) atoms. The topological polar surface area (TPSA) is 35.5 Å². The minimum absolute atomic E-state index is 0.108. The molecule has 2 aromatic carbocycles. The molecule has 134 valence electrons. The van der Waals surface area contributed by atoms with Crippen molar-refractivity contribution in [1.82, 2.24) is 0 Å². The summed E-state index contributed by atoms with van der Waals surface area (Å²) in [5.41, 5.74) is -2.06. The van der Waals surface area contributed by atoms with Crippen molar-refractivity contribution in [3.8, 4) is 16.9 Å². The lowest BCUT2D eigenvalue weighted by molar-refractivity contribution is -0.274. The van der Waals surface area contributed by atoms with Gasteiger partial charge in [-0.25, -0.2) is 4.79 Å². The van der Waals surface area contributed by atoms with Crippen LogP contribution in [0, 0.1) is 0 Å². The van der Waals surface area contributed by atoms with E-state index in [4.69, 9.17) is 0 Å². The van der Waals surface area contributed by atoms with Crippen molar-refractivity contribution in [3.05, 3.63) is 53.6 Å². The Morgan fingerprint density at radius 3 is 2.00 bits per heavy atom. The fraction of sp³-hybridized carbons (Fsp3) is 0.188. The van der Waals surface area contributed by atoms with Crippen molar-refractivity contribution in [3.63, 3.8) is 0 Å². The van der Waals surface area contributed by atoms with E-state index in [1.165, 1.54) is 0 Å². The molecule has 0 radical (unpaired) electrons. The number of benzene rings is 2. The Kier molecular flexibility index (Phi) is 4.96. The number of rotatable bonds is 3. The fourth-order valence-corrected chi connectivity index (χ4v) is 2.20. The third-order valence-corrected chi connectivity index (χ3v) is 3.15. The molecule has 0 fully saturated rings. The van der Waals surface area contributed by atoms with E-state index < -0.39 is 35.4 Å². The summed E-state index contributed by atoms with van der Waals surface area (Å²) in [6.45, 7) is 0. The van der Waals surface area contributed by atoms with Gasteiger partial charge in [-0.05, 0) is 29.8 Å². The number of alkyl halides is 6. The van der Waals surface area contributed by atoms with E-state index in [9.17, 15) is 31.1 Å². The van der Waals surface area contributed by atoms with Crippen LogP contribution in [0.3, 0.4) is 0 Å². The summed E-state index contributed by atoms with van der Waals surface area (Å²) in [5, 5.41) is 0. The summed E-state index contributed by atoms with van der Waals surface area (Å²) in [5.74, 6) is -1.60. The number of esters is 1. The summed E-state index contributed by atoms with van der Waals surface area (Å²) < 4.78 is 84.4. The highest BCUT2D eigenvalue weighted by molar-refractivity contribution is 5.98. The maximum atomic E-state index is 13.3. The highest BCUT2D eigenvalue weighted by atomic mass is 19.4. The molecule has 0 saturated heterocycles. The molecule has 0 saturated carbocycles. The molecule has 0 aliphatic carbocycles. The van der Waals surface area contributed by atoms with E-state index in [0.717, 1.165) is 49.6 Å². The molecule has 0 aliphatic heterocycles. The second-order valence-corrected chi connectivity index (χ2v) is 4.79. The van der Waals surface area contributed by atoms with Crippen LogP contribution in [0.25, 0.3) is 11.1 Å². The Morgan fingerprint density at radius 1 is 0.920 bits per heavy atom. The van der Waals surface area contributed by atoms with Crippen LogP contribution in [0.1, 0.15) is 15.9 Å². The number of ether oxygens (including phenoxy) is 2. The van der Waals surface area contributed by atoms with Crippen LogP contribution >= 0.6 is 0 Å². The maximum absolute atomic E-state index is 13.3. The highest BCUT2D eigenvalue weighted by Gasteiger charge is 2.36. The Morgan fingerprint density at radius 2 is 1.52 bits per heavy atom. The van der Waals surface area contributed by atoms with Gasteiger partial charge in [0, 0.05) is 5.56 Å². The number of hydrogen-bond acceptors (Lipinski definition) is 3. The zero-order chi connectivity index (χ0) is 18.8. The Bertz CT molecular complexity index is 763. The van der Waals surface area contributed by atoms with Gasteiger partial charge < -0.3 is 9.47 Å². The molecular weight excluding hydrogens is 354 g/mol. The van der Waals surface area contributed by atoms with Gasteiger partial charge in [0.25, 0.3) is 0 Å². The lowest BCUT2D eigenvalue weighted by atomic mass is 9.94. The van der Waals surface area contributed by atoms with Crippen LogP contribution in [0.2, 0.25) is 0 Å². The van der Waals surface area contributed by atoms with Gasteiger partial charge in [-0.2, -0.15) is 13.2 Å². The van der Waals surface area contributed by atoms with Crippen LogP contribution in [0.4, 0.5) is 26.3 Å². The summed E-state index contributed by atoms with van der Waals surface area (Å²) in [6, 6.07) is 6.66. The number of methoxy groups -OCH3 is 1. The minimum Gasteiger partial charge on any atom is -0.465 e. The van der Waals surface area contributed by atoms with Crippen LogP contribution in [-0.4, -0.2) is 19.4 Å². The van der Waals surface area contributed by atoms with Crippen LogP contribution in [0.15, 0.2) is 42.5 Å². The number of hydrogen-bond donors (Lipinski definition) is 0. The molecule has 0 N–H and O–H groups in total. The first-order valence-electron chi connectivity index (χ1n) is 6.67. The quantitative estimate of drug-likeness (QED) is 0.564. The van der Waals surface area contributed by atoms with Crippen LogP contribution in [0.5, 0.6) is 5.75 Å². The second kappa shape index (κ2) is 6.66. The Balaban J connectivity index is 2.58. The largest absolute Gasteiger partial charge is 0.573 e. The standard InChI is InChI=1S/C16H10F6O3/c1-24-14(23)11-3-2-4-12(15(17,18)19)13(11)9-5-7-10(8-6-9)25-16(20,21)22/h2-8H,1H3. The lowest BCUT2D eigenvalue weighted by Gasteiger charge is -2.16. The molecule has 0 aromatic heterocycles. The smallest absolute Gasteiger partial charge is 0.465 e. The van der Waals surface area contributed by atoms with Gasteiger partial charge in [0.05, 0.1) is 18.2 Å². The molecule has 0 bridgehead atoms. The minimum atomic E-state index is -4.93. The van der Waals surface area contributed by atoms with Crippen molar-refractivity contribution in [1.29, 1.82) is 0 Å². The van der Waals surface area contributed by atoms with E-state index in [-0.39, 0.29) is 11.1 Å². The zero-order valence-corrected chi connectivity index (χ0v) is 12.5. The number of carbonyl (C=O) groups is 1. The van der Waals surface area contributed by atoms with Crippen LogP contribution in [-0.2, 0) is 10.9 Å². The molecule has 2 rings (SSSR count). The molecular formula is C16H10F6O3. The first kappa shape index (κ1) is 18.6. The van der Waals surface area contributed by atoms with Crippen molar-refractivity contribution < 1.29 is 40.6 Å². The van der Waals surface area contributed by atoms with Crippen molar-refractivity contribution in [2.24, 2.45) is 0 Å². The van der Waals surface area contributed by atoms with Crippen molar-refractivity contribution in [2.45, 2.75) is 12.5 Å². The first-order valence-corrected chi connectivity index (χ1v) is 6.67. The summed E-state index contributed by atoms with van der Waals surface area (Å²) in [4.78, 5) is 11.8. The number of carbonyl (C=O) groups excluding carboxylic acids is 1. The molecule has 0 unspecified atom stereocenters. The van der Waals surface area contributed by atoms with E-state index in [0.29, 0.717) is 0 Å². The summed E-state index contributed by atoms with van der Waals surface area (Å²) in [7, 11) is 1.01. The normalized spacial score (nSPS) is 12.0. The predicted molar refractivity (Wildman–Crippen MR) is 74.9 cm³/mol. The van der Waals surface area contributed by atoms with E-state index in [1.54, 1.807) is 0 Å². The second-order valence-electron chi connectivity index (χ2n) is 4.79. The maximum Gasteiger partial charge on any atom is 0.573 e. The summed E-state index contributed by atoms with van der Waals surface area (Å²) >= 11 is 0. The van der Waals surface area contributed by atoms with Gasteiger partial charge in [0.2, 0.25) is 0 Å². The fourth-order valence-electron chi connectivity index (χ4n) is 2.20. The van der Waals surface area contributed by atoms with Gasteiger partial charge in [-0.15, -0.1) is 13.2 Å². The monoisotopic (exact) mass is 364 g/mol. The van der Waals surface area contributed by atoms with Crippen molar-refractivity contribution in [2.75, 3.05) is 7.11 Å². The average molecular weight is 364 g/mol. The Labute approximate surface area is 137 Å². The van der Waals surface area contributed by atoms with Gasteiger partial charge in [-0.1, -0.05) is 18.2 Å². The SMILES string of the molecule is COC(=O)c1cccc(C(F)(F)F)c1-c1ccc(OC(F)(F)F)cc1. The molecule has 0 atom stereocenters. The van der Waals surface area contributed by atoms with Gasteiger partial charge in [-0.3, -0.25) is 0 Å². The molecule has 0 heterocycles. The van der Waals surface area contributed by atoms with E-state index in [1.807, 2.05) is 0 Å². The highest BCUT2D eigenvalue weighted by Crippen LogP contribution is 2.39. The number of halogens is 6. The van der Waals surface area contributed by atoms with Gasteiger partial charge >= 0.3 is 18.5 Å². The molecule has 9 heteroatoms. The zero-order valence-electron chi connectivity index (χ0n) is 12.5. The van der Waals surface area contributed by atoms with E-state index in [2.05, 4.69) is 9.47 Å². The molecule has 0 spiro atoms.